The first-order chi connectivity index (χ1) is 7.69. The zero-order valence-corrected chi connectivity index (χ0v) is 8.86. The van der Waals surface area contributed by atoms with E-state index in [0.29, 0.717) is 0 Å². The van der Waals surface area contributed by atoms with Crippen LogP contribution in [0.3, 0.4) is 0 Å². The molecule has 1 aliphatic rings. The summed E-state index contributed by atoms with van der Waals surface area (Å²) in [6, 6.07) is 1.85. The first-order valence-electron chi connectivity index (χ1n) is 4.89. The molecule has 0 saturated carbocycles. The van der Waals surface area contributed by atoms with E-state index in [9.17, 15) is 9.59 Å². The highest BCUT2D eigenvalue weighted by atomic mass is 16.2. The number of pyridine rings is 1. The summed E-state index contributed by atoms with van der Waals surface area (Å²) < 4.78 is 0. The van der Waals surface area contributed by atoms with Crippen molar-refractivity contribution in [2.75, 3.05) is 30.4 Å². The van der Waals surface area contributed by atoms with Gasteiger partial charge in [-0.2, -0.15) is 0 Å². The van der Waals surface area contributed by atoms with Gasteiger partial charge < -0.3 is 10.2 Å². The number of aromatic nitrogens is 1. The molecule has 6 heteroatoms. The SMILES string of the molecule is CNc1cncc(N2CC(=O)NC(=O)C2)c1. The number of hydrogen-bond donors (Lipinski definition) is 2. The Morgan fingerprint density at radius 2 is 2.00 bits per heavy atom. The summed E-state index contributed by atoms with van der Waals surface area (Å²) in [7, 11) is 1.79. The average molecular weight is 220 g/mol. The summed E-state index contributed by atoms with van der Waals surface area (Å²) >= 11 is 0. The van der Waals surface area contributed by atoms with Gasteiger partial charge in [-0.05, 0) is 6.07 Å². The molecule has 1 fully saturated rings. The van der Waals surface area contributed by atoms with E-state index in [-0.39, 0.29) is 24.9 Å². The highest BCUT2D eigenvalue weighted by Gasteiger charge is 2.22. The van der Waals surface area contributed by atoms with Crippen LogP contribution in [0.5, 0.6) is 0 Å². The molecule has 2 N–H and O–H groups in total. The molecule has 0 aliphatic carbocycles. The third kappa shape index (κ3) is 2.10. The highest BCUT2D eigenvalue weighted by molar-refractivity contribution is 6.02. The molecule has 0 aromatic carbocycles. The summed E-state index contributed by atoms with van der Waals surface area (Å²) in [6.07, 6.45) is 3.31. The van der Waals surface area contributed by atoms with E-state index in [4.69, 9.17) is 0 Å². The van der Waals surface area contributed by atoms with Crippen molar-refractivity contribution in [3.63, 3.8) is 0 Å². The minimum Gasteiger partial charge on any atom is -0.387 e. The first-order valence-corrected chi connectivity index (χ1v) is 4.89. The van der Waals surface area contributed by atoms with Crippen LogP contribution >= 0.6 is 0 Å². The minimum absolute atomic E-state index is 0.181. The number of anilines is 2. The molecule has 1 saturated heterocycles. The number of hydrogen-bond acceptors (Lipinski definition) is 5. The normalized spacial score (nSPS) is 15.9. The Bertz CT molecular complexity index is 417. The smallest absolute Gasteiger partial charge is 0.246 e. The van der Waals surface area contributed by atoms with Crippen LogP contribution in [-0.4, -0.2) is 36.9 Å². The lowest BCUT2D eigenvalue weighted by atomic mass is 10.3. The standard InChI is InChI=1S/C10H12N4O2/c1-11-7-2-8(4-12-3-7)14-5-9(15)13-10(16)6-14/h2-4,11H,5-6H2,1H3,(H,13,15,16). The van der Waals surface area contributed by atoms with Crippen LogP contribution in [0.1, 0.15) is 0 Å². The van der Waals surface area contributed by atoms with Gasteiger partial charge in [-0.1, -0.05) is 0 Å². The maximum Gasteiger partial charge on any atom is 0.246 e. The lowest BCUT2D eigenvalue weighted by molar-refractivity contribution is -0.130. The molecule has 0 bridgehead atoms. The largest absolute Gasteiger partial charge is 0.387 e. The molecule has 0 radical (unpaired) electrons. The van der Waals surface area contributed by atoms with E-state index < -0.39 is 0 Å². The molecule has 16 heavy (non-hydrogen) atoms. The van der Waals surface area contributed by atoms with Crippen molar-refractivity contribution in [3.05, 3.63) is 18.5 Å². The lowest BCUT2D eigenvalue weighted by Gasteiger charge is -2.27. The predicted octanol–water partition coefficient (Wildman–Crippen LogP) is -0.414. The molecule has 6 nitrogen and oxygen atoms in total. The molecular formula is C10H12N4O2. The molecule has 0 unspecified atom stereocenters. The van der Waals surface area contributed by atoms with Crippen LogP contribution in [0, 0.1) is 0 Å². The van der Waals surface area contributed by atoms with E-state index >= 15 is 0 Å². The number of rotatable bonds is 2. The average Bonchev–Trinajstić information content (AvgIpc) is 2.28. The van der Waals surface area contributed by atoms with Crippen LogP contribution in [0.15, 0.2) is 18.5 Å². The molecule has 1 aliphatic heterocycles. The van der Waals surface area contributed by atoms with Crippen LogP contribution in [-0.2, 0) is 9.59 Å². The summed E-state index contributed by atoms with van der Waals surface area (Å²) in [6.45, 7) is 0.362. The van der Waals surface area contributed by atoms with Gasteiger partial charge in [-0.25, -0.2) is 0 Å². The van der Waals surface area contributed by atoms with E-state index in [1.807, 2.05) is 6.07 Å². The Labute approximate surface area is 92.7 Å². The zero-order chi connectivity index (χ0) is 11.5. The quantitative estimate of drug-likeness (QED) is 0.662. The second-order valence-electron chi connectivity index (χ2n) is 3.51. The van der Waals surface area contributed by atoms with E-state index in [1.54, 1.807) is 24.3 Å². The number of piperazine rings is 1. The third-order valence-electron chi connectivity index (χ3n) is 2.33. The Kier molecular flexibility index (Phi) is 2.72. The fraction of sp³-hybridized carbons (Fsp3) is 0.300. The fourth-order valence-corrected chi connectivity index (χ4v) is 1.56. The maximum atomic E-state index is 11.2. The molecule has 0 atom stereocenters. The second kappa shape index (κ2) is 4.18. The van der Waals surface area contributed by atoms with Gasteiger partial charge in [0.25, 0.3) is 0 Å². The van der Waals surface area contributed by atoms with Gasteiger partial charge in [0.2, 0.25) is 11.8 Å². The van der Waals surface area contributed by atoms with Gasteiger partial charge in [0.05, 0.1) is 36.9 Å². The Hall–Kier alpha value is -2.11. The van der Waals surface area contributed by atoms with Crippen molar-refractivity contribution >= 4 is 23.2 Å². The van der Waals surface area contributed by atoms with Crippen molar-refractivity contribution in [1.82, 2.24) is 10.3 Å². The highest BCUT2D eigenvalue weighted by Crippen LogP contribution is 2.17. The minimum atomic E-state index is -0.286. The first kappa shape index (κ1) is 10.4. The van der Waals surface area contributed by atoms with Crippen LogP contribution in [0.2, 0.25) is 0 Å². The predicted molar refractivity (Wildman–Crippen MR) is 59.1 cm³/mol. The van der Waals surface area contributed by atoms with Gasteiger partial charge in [-0.15, -0.1) is 0 Å². The Balaban J connectivity index is 2.22. The number of carbonyl (C=O) groups excluding carboxylic acids is 2. The van der Waals surface area contributed by atoms with Crippen molar-refractivity contribution in [2.24, 2.45) is 0 Å². The lowest BCUT2D eigenvalue weighted by Crippen LogP contribution is -2.51. The zero-order valence-electron chi connectivity index (χ0n) is 8.86. The molecule has 2 heterocycles. The third-order valence-corrected chi connectivity index (χ3v) is 2.33. The number of nitrogens with one attached hydrogen (secondary N) is 2. The molecule has 1 aromatic rings. The van der Waals surface area contributed by atoms with Crippen molar-refractivity contribution in [1.29, 1.82) is 0 Å². The van der Waals surface area contributed by atoms with Crippen LogP contribution < -0.4 is 15.5 Å². The van der Waals surface area contributed by atoms with E-state index in [0.717, 1.165) is 11.4 Å². The fourth-order valence-electron chi connectivity index (χ4n) is 1.56. The molecule has 2 rings (SSSR count). The van der Waals surface area contributed by atoms with Gasteiger partial charge >= 0.3 is 0 Å². The molecule has 0 spiro atoms. The van der Waals surface area contributed by atoms with E-state index in [2.05, 4.69) is 15.6 Å². The summed E-state index contributed by atoms with van der Waals surface area (Å²) in [5.74, 6) is -0.572. The van der Waals surface area contributed by atoms with Gasteiger partial charge in [0.1, 0.15) is 0 Å². The van der Waals surface area contributed by atoms with E-state index in [1.165, 1.54) is 0 Å². The monoisotopic (exact) mass is 220 g/mol. The van der Waals surface area contributed by atoms with Gasteiger partial charge in [0, 0.05) is 7.05 Å². The summed E-state index contributed by atoms with van der Waals surface area (Å²) in [5, 5.41) is 5.21. The van der Waals surface area contributed by atoms with Crippen LogP contribution in [0.4, 0.5) is 11.4 Å². The topological polar surface area (TPSA) is 74.3 Å². The van der Waals surface area contributed by atoms with Crippen molar-refractivity contribution < 1.29 is 9.59 Å². The van der Waals surface area contributed by atoms with Gasteiger partial charge in [-0.3, -0.25) is 19.9 Å². The molecular weight excluding hydrogens is 208 g/mol. The molecule has 84 valence electrons. The Morgan fingerprint density at radius 1 is 1.31 bits per heavy atom. The number of nitrogens with zero attached hydrogens (tertiary/aromatic N) is 2. The van der Waals surface area contributed by atoms with Crippen LogP contribution in [0.25, 0.3) is 0 Å². The summed E-state index contributed by atoms with van der Waals surface area (Å²) in [5.41, 5.74) is 1.60. The number of amides is 2. The number of carbonyl (C=O) groups is 2. The second-order valence-corrected chi connectivity index (χ2v) is 3.51. The van der Waals surface area contributed by atoms with Gasteiger partial charge in [0.15, 0.2) is 0 Å². The number of imide groups is 1. The molecule has 2 amide bonds. The van der Waals surface area contributed by atoms with Crippen molar-refractivity contribution in [2.45, 2.75) is 0 Å². The van der Waals surface area contributed by atoms with Crippen molar-refractivity contribution in [3.8, 4) is 0 Å². The maximum absolute atomic E-state index is 11.2. The summed E-state index contributed by atoms with van der Waals surface area (Å²) in [4.78, 5) is 28.1. The molecule has 1 aromatic heterocycles. The Morgan fingerprint density at radius 3 is 2.62 bits per heavy atom.